The smallest absolute Gasteiger partial charge is 0.422 e. The molecule has 0 spiro atoms. The number of aliphatic hydroxyl groups is 1. The molecule has 5 nitrogen and oxygen atoms in total. The van der Waals surface area contributed by atoms with Gasteiger partial charge in [0.15, 0.2) is 5.60 Å². The normalized spacial score (nSPS) is 15.0. The van der Waals surface area contributed by atoms with Crippen molar-refractivity contribution in [3.63, 3.8) is 0 Å². The number of pyridine rings is 1. The predicted octanol–water partition coefficient (Wildman–Crippen LogP) is 5.56. The Morgan fingerprint density at radius 1 is 1.18 bits per heavy atom. The highest BCUT2D eigenvalue weighted by Crippen LogP contribution is 2.42. The fourth-order valence-corrected chi connectivity index (χ4v) is 3.83. The Morgan fingerprint density at radius 3 is 2.55 bits per heavy atom. The summed E-state index contributed by atoms with van der Waals surface area (Å²) in [5.74, 6) is -1.17. The first kappa shape index (κ1) is 24.4. The quantitative estimate of drug-likeness (QED) is 0.355. The van der Waals surface area contributed by atoms with Crippen LogP contribution in [-0.2, 0) is 0 Å². The van der Waals surface area contributed by atoms with Gasteiger partial charge in [-0.05, 0) is 55.5 Å². The average molecular weight is 464 g/mol. The van der Waals surface area contributed by atoms with E-state index in [0.717, 1.165) is 0 Å². The molecule has 0 amide bonds. The first-order valence-electron chi connectivity index (χ1n) is 10.3. The number of nitrogens with one attached hydrogen (secondary N) is 1. The van der Waals surface area contributed by atoms with Crippen molar-refractivity contribution in [2.45, 2.75) is 44.4 Å². The SMILES string of the molecule is CC[C@H](C[C@@](O)(/C=N/c1cccc2[nH]c(=O)ccc12)C(F)(F)F)c1ccc(F)c(C)c1OC. The Labute approximate surface area is 187 Å². The Morgan fingerprint density at radius 2 is 1.91 bits per heavy atom. The third kappa shape index (κ3) is 4.93. The third-order valence-electron chi connectivity index (χ3n) is 5.72. The zero-order chi connectivity index (χ0) is 24.4. The van der Waals surface area contributed by atoms with Gasteiger partial charge >= 0.3 is 6.18 Å². The van der Waals surface area contributed by atoms with Crippen LogP contribution in [0.2, 0.25) is 0 Å². The molecule has 33 heavy (non-hydrogen) atoms. The number of methoxy groups -OCH3 is 1. The molecule has 3 rings (SSSR count). The molecule has 2 N–H and O–H groups in total. The van der Waals surface area contributed by atoms with Gasteiger partial charge in [-0.1, -0.05) is 19.1 Å². The predicted molar refractivity (Wildman–Crippen MR) is 119 cm³/mol. The molecule has 0 aliphatic carbocycles. The van der Waals surface area contributed by atoms with Crippen LogP contribution in [0.1, 0.15) is 36.8 Å². The van der Waals surface area contributed by atoms with Gasteiger partial charge in [0.05, 0.1) is 18.3 Å². The van der Waals surface area contributed by atoms with Crippen LogP contribution in [0.5, 0.6) is 5.75 Å². The van der Waals surface area contributed by atoms with Crippen LogP contribution < -0.4 is 10.3 Å². The van der Waals surface area contributed by atoms with Gasteiger partial charge in [-0.15, -0.1) is 0 Å². The number of ether oxygens (including phenoxy) is 1. The monoisotopic (exact) mass is 464 g/mol. The maximum atomic E-state index is 14.0. The zero-order valence-corrected chi connectivity index (χ0v) is 18.3. The van der Waals surface area contributed by atoms with Crippen LogP contribution in [0.3, 0.4) is 0 Å². The number of aromatic nitrogens is 1. The maximum absolute atomic E-state index is 14.0. The number of aromatic amines is 1. The van der Waals surface area contributed by atoms with Crippen molar-refractivity contribution in [1.29, 1.82) is 0 Å². The summed E-state index contributed by atoms with van der Waals surface area (Å²) in [6.07, 6.45) is -5.04. The topological polar surface area (TPSA) is 74.7 Å². The van der Waals surface area contributed by atoms with Gasteiger partial charge in [-0.25, -0.2) is 4.39 Å². The molecule has 0 aliphatic rings. The number of nitrogens with zero attached hydrogens (tertiary/aromatic N) is 1. The number of halogens is 4. The molecule has 2 atom stereocenters. The van der Waals surface area contributed by atoms with E-state index in [2.05, 4.69) is 9.98 Å². The first-order valence-corrected chi connectivity index (χ1v) is 10.3. The minimum Gasteiger partial charge on any atom is -0.496 e. The molecular formula is C24H24F4N2O3. The van der Waals surface area contributed by atoms with E-state index in [1.54, 1.807) is 19.1 Å². The van der Waals surface area contributed by atoms with Crippen LogP contribution in [0, 0.1) is 12.7 Å². The summed E-state index contributed by atoms with van der Waals surface area (Å²) in [6, 6.07) is 9.87. The molecule has 0 unspecified atom stereocenters. The number of aliphatic imine (C=N–C) groups is 1. The van der Waals surface area contributed by atoms with Crippen LogP contribution in [0.25, 0.3) is 10.9 Å². The van der Waals surface area contributed by atoms with Crippen molar-refractivity contribution >= 4 is 22.8 Å². The van der Waals surface area contributed by atoms with E-state index in [1.807, 2.05) is 0 Å². The minimum absolute atomic E-state index is 0.154. The molecular weight excluding hydrogens is 440 g/mol. The molecule has 2 aromatic carbocycles. The fraction of sp³-hybridized carbons (Fsp3) is 0.333. The largest absolute Gasteiger partial charge is 0.496 e. The summed E-state index contributed by atoms with van der Waals surface area (Å²) in [5, 5.41) is 11.2. The zero-order valence-electron chi connectivity index (χ0n) is 18.3. The maximum Gasteiger partial charge on any atom is 0.422 e. The number of hydrogen-bond acceptors (Lipinski definition) is 4. The van der Waals surface area contributed by atoms with Crippen molar-refractivity contribution in [3.8, 4) is 5.75 Å². The van der Waals surface area contributed by atoms with Gasteiger partial charge in [0.25, 0.3) is 0 Å². The minimum atomic E-state index is -5.02. The summed E-state index contributed by atoms with van der Waals surface area (Å²) in [5.41, 5.74) is -2.49. The number of fused-ring (bicyclic) bond motifs is 1. The van der Waals surface area contributed by atoms with Crippen LogP contribution >= 0.6 is 0 Å². The van der Waals surface area contributed by atoms with Crippen molar-refractivity contribution in [2.75, 3.05) is 7.11 Å². The van der Waals surface area contributed by atoms with E-state index in [1.165, 1.54) is 44.4 Å². The van der Waals surface area contributed by atoms with E-state index < -0.39 is 29.9 Å². The van der Waals surface area contributed by atoms with Gasteiger partial charge < -0.3 is 14.8 Å². The second kappa shape index (κ2) is 9.35. The summed E-state index contributed by atoms with van der Waals surface area (Å²) in [7, 11) is 1.32. The summed E-state index contributed by atoms with van der Waals surface area (Å²) in [6.45, 7) is 3.16. The molecule has 1 heterocycles. The lowest BCUT2D eigenvalue weighted by atomic mass is 9.83. The molecule has 0 bridgehead atoms. The lowest BCUT2D eigenvalue weighted by Crippen LogP contribution is -2.47. The first-order chi connectivity index (χ1) is 15.5. The van der Waals surface area contributed by atoms with Gasteiger partial charge in [-0.3, -0.25) is 9.79 Å². The number of alkyl halides is 3. The number of benzene rings is 2. The summed E-state index contributed by atoms with van der Waals surface area (Å²) in [4.78, 5) is 18.0. The second-order valence-electron chi connectivity index (χ2n) is 7.85. The molecule has 0 saturated heterocycles. The Hall–Kier alpha value is -3.20. The number of rotatable bonds is 7. The molecule has 0 aliphatic heterocycles. The molecule has 176 valence electrons. The van der Waals surface area contributed by atoms with Crippen LogP contribution in [-0.4, -0.2) is 35.2 Å². The summed E-state index contributed by atoms with van der Waals surface area (Å²) < 4.78 is 61.3. The highest BCUT2D eigenvalue weighted by atomic mass is 19.4. The molecule has 1 aromatic heterocycles. The molecule has 0 saturated carbocycles. The molecule has 9 heteroatoms. The highest BCUT2D eigenvalue weighted by molar-refractivity contribution is 5.91. The lowest BCUT2D eigenvalue weighted by molar-refractivity contribution is -0.232. The fourth-order valence-electron chi connectivity index (χ4n) is 3.83. The third-order valence-corrected chi connectivity index (χ3v) is 5.72. The average Bonchev–Trinajstić information content (AvgIpc) is 2.76. The highest BCUT2D eigenvalue weighted by Gasteiger charge is 2.53. The number of hydrogen-bond donors (Lipinski definition) is 2. The lowest BCUT2D eigenvalue weighted by Gasteiger charge is -2.31. The van der Waals surface area contributed by atoms with E-state index in [9.17, 15) is 27.5 Å². The van der Waals surface area contributed by atoms with Crippen molar-refractivity contribution < 1.29 is 27.4 Å². The van der Waals surface area contributed by atoms with Crippen LogP contribution in [0.4, 0.5) is 23.2 Å². The van der Waals surface area contributed by atoms with Gasteiger partial charge in [0.1, 0.15) is 11.6 Å². The standard InChI is InChI=1S/C24H24F4N2O3/c1-4-15(16-8-10-18(25)14(2)22(16)33-3)12-23(32,24(26,27)28)13-29-19-6-5-7-20-17(19)9-11-21(31)30-20/h5-11,13,15,32H,4,12H2,1-3H3,(H,30,31)/b29-13+/t15-,23-/m1/s1. The van der Waals surface area contributed by atoms with Crippen molar-refractivity contribution in [1.82, 2.24) is 4.98 Å². The van der Waals surface area contributed by atoms with Gasteiger partial charge in [0, 0.05) is 23.2 Å². The van der Waals surface area contributed by atoms with Crippen molar-refractivity contribution in [3.05, 3.63) is 69.8 Å². The van der Waals surface area contributed by atoms with E-state index in [0.29, 0.717) is 22.7 Å². The van der Waals surface area contributed by atoms with E-state index >= 15 is 0 Å². The molecule has 0 fully saturated rings. The van der Waals surface area contributed by atoms with E-state index in [-0.39, 0.29) is 29.0 Å². The Kier molecular flexibility index (Phi) is 6.92. The molecule has 3 aromatic rings. The van der Waals surface area contributed by atoms with Gasteiger partial charge in [0.2, 0.25) is 5.56 Å². The Bertz CT molecular complexity index is 1240. The number of H-pyrrole nitrogens is 1. The van der Waals surface area contributed by atoms with Gasteiger partial charge in [-0.2, -0.15) is 13.2 Å². The second-order valence-corrected chi connectivity index (χ2v) is 7.85. The van der Waals surface area contributed by atoms with Crippen LogP contribution in [0.15, 0.2) is 52.3 Å². The summed E-state index contributed by atoms with van der Waals surface area (Å²) >= 11 is 0. The molecule has 0 radical (unpaired) electrons. The van der Waals surface area contributed by atoms with Crippen molar-refractivity contribution in [2.24, 2.45) is 4.99 Å². The Balaban J connectivity index is 2.04. The van der Waals surface area contributed by atoms with E-state index in [4.69, 9.17) is 4.74 Å².